The van der Waals surface area contributed by atoms with E-state index in [9.17, 15) is 25.3 Å². The van der Waals surface area contributed by atoms with E-state index in [1.54, 1.807) is 32.0 Å². The molecule has 1 aromatic heterocycles. The van der Waals surface area contributed by atoms with E-state index in [-0.39, 0.29) is 0 Å². The van der Waals surface area contributed by atoms with Crippen LogP contribution in [0.2, 0.25) is 0 Å². The minimum atomic E-state index is -1.08. The quantitative estimate of drug-likeness (QED) is 0.630. The summed E-state index contributed by atoms with van der Waals surface area (Å²) in [7, 11) is 0. The van der Waals surface area contributed by atoms with E-state index in [2.05, 4.69) is 4.84 Å². The van der Waals surface area contributed by atoms with Gasteiger partial charge in [0.25, 0.3) is 10.6 Å². The van der Waals surface area contributed by atoms with Crippen LogP contribution in [0.5, 0.6) is 5.75 Å². The van der Waals surface area contributed by atoms with Crippen molar-refractivity contribution in [3.63, 3.8) is 0 Å². The lowest BCUT2D eigenvalue weighted by atomic mass is 9.85. The fourth-order valence-corrected chi connectivity index (χ4v) is 3.32. The van der Waals surface area contributed by atoms with Crippen molar-refractivity contribution >= 4 is 0 Å². The number of hydrogen-bond acceptors (Lipinski definition) is 7. The minimum Gasteiger partial charge on any atom is -0.485 e. The van der Waals surface area contributed by atoms with E-state index in [0.717, 1.165) is 0 Å². The topological polar surface area (TPSA) is 128 Å². The molecule has 1 unspecified atom stereocenters. The summed E-state index contributed by atoms with van der Waals surface area (Å²) in [5.41, 5.74) is -0.227. The maximum Gasteiger partial charge on any atom is 0.295 e. The number of hydrogen-bond donors (Lipinski definition) is 1. The van der Waals surface area contributed by atoms with Crippen molar-refractivity contribution in [3.8, 4) is 11.8 Å². The van der Waals surface area contributed by atoms with Crippen molar-refractivity contribution in [3.05, 3.63) is 73.7 Å². The molecular weight excluding hydrogens is 366 g/mol. The van der Waals surface area contributed by atoms with Crippen molar-refractivity contribution in [1.82, 2.24) is 4.57 Å². The van der Waals surface area contributed by atoms with Crippen LogP contribution in [0.4, 0.5) is 0 Å². The van der Waals surface area contributed by atoms with Gasteiger partial charge in [0.2, 0.25) is 0 Å². The molecule has 3 atom stereocenters. The molecule has 0 bridgehead atoms. The molecule has 1 aliphatic heterocycles. The molecule has 0 radical (unpaired) electrons. The zero-order valence-corrected chi connectivity index (χ0v) is 15.5. The number of benzene rings is 1. The fraction of sp³-hybridized carbons (Fsp3) is 0.368. The second-order valence-electron chi connectivity index (χ2n) is 7.14. The van der Waals surface area contributed by atoms with Crippen LogP contribution in [0.25, 0.3) is 0 Å². The number of rotatable bonds is 4. The monoisotopic (exact) mass is 385 g/mol. The smallest absolute Gasteiger partial charge is 0.295 e. The average Bonchev–Trinajstić information content (AvgIpc) is 2.62. The van der Waals surface area contributed by atoms with E-state index < -0.39 is 34.5 Å². The maximum atomic E-state index is 12.8. The first kappa shape index (κ1) is 19.4. The molecule has 1 aliphatic rings. The Bertz CT molecular complexity index is 1020. The maximum absolute atomic E-state index is 12.8. The third-order valence-corrected chi connectivity index (χ3v) is 4.83. The second kappa shape index (κ2) is 6.98. The average molecular weight is 385 g/mol. The lowest BCUT2D eigenvalue weighted by Gasteiger charge is -2.42. The lowest BCUT2D eigenvalue weighted by Crippen LogP contribution is -2.52. The van der Waals surface area contributed by atoms with Gasteiger partial charge < -0.3 is 19.2 Å². The van der Waals surface area contributed by atoms with Crippen LogP contribution < -0.4 is 10.3 Å². The normalized spacial score (nSPS) is 21.0. The van der Waals surface area contributed by atoms with Crippen molar-refractivity contribution < 1.29 is 19.8 Å². The van der Waals surface area contributed by atoms with Crippen molar-refractivity contribution in [1.29, 1.82) is 5.26 Å². The highest BCUT2D eigenvalue weighted by Gasteiger charge is 2.44. The van der Waals surface area contributed by atoms with Crippen LogP contribution in [-0.4, -0.2) is 26.5 Å². The van der Waals surface area contributed by atoms with E-state index in [1.165, 1.54) is 29.8 Å². The molecule has 1 N–H and O–H groups in total. The highest BCUT2D eigenvalue weighted by atomic mass is 17.0. The molecule has 0 saturated carbocycles. The Kier molecular flexibility index (Phi) is 4.83. The van der Waals surface area contributed by atoms with Crippen LogP contribution in [-0.2, 0) is 4.84 Å². The molecule has 0 amide bonds. The highest BCUT2D eigenvalue weighted by molar-refractivity contribution is 5.46. The van der Waals surface area contributed by atoms with Gasteiger partial charge in [-0.2, -0.15) is 5.26 Å². The van der Waals surface area contributed by atoms with E-state index in [4.69, 9.17) is 4.74 Å². The van der Waals surface area contributed by atoms with Gasteiger partial charge in [-0.1, -0.05) is 0 Å². The SMILES string of the molecule is CC(O[N+](=O)[O-])c1ccn([C@@H]2c3cc(C#N)ccc3OC(C)(C)[C@H]2O)c(=O)c1. The molecule has 28 heavy (non-hydrogen) atoms. The molecule has 3 rings (SSSR count). The predicted molar refractivity (Wildman–Crippen MR) is 97.2 cm³/mol. The van der Waals surface area contributed by atoms with Gasteiger partial charge in [-0.15, -0.1) is 10.1 Å². The summed E-state index contributed by atoms with van der Waals surface area (Å²) in [5.74, 6) is 0.473. The van der Waals surface area contributed by atoms with Gasteiger partial charge in [0.1, 0.15) is 23.6 Å². The van der Waals surface area contributed by atoms with Gasteiger partial charge in [-0.05, 0) is 50.6 Å². The first-order chi connectivity index (χ1) is 13.1. The van der Waals surface area contributed by atoms with Gasteiger partial charge in [0.15, 0.2) is 0 Å². The molecular formula is C19H19N3O6. The van der Waals surface area contributed by atoms with Crippen LogP contribution in [0.3, 0.4) is 0 Å². The molecule has 0 spiro atoms. The lowest BCUT2D eigenvalue weighted by molar-refractivity contribution is -0.770. The Morgan fingerprint density at radius 1 is 1.39 bits per heavy atom. The summed E-state index contributed by atoms with van der Waals surface area (Å²) in [4.78, 5) is 27.8. The molecule has 146 valence electrons. The standard InChI is InChI=1S/C19H19N3O6/c1-11(28-22(25)26)13-6-7-21(16(23)9-13)17-14-8-12(10-20)4-5-15(14)27-19(2,3)18(17)24/h4-9,11,17-18,24H,1-3H3/t11?,17-,18+/m1/s1. The van der Waals surface area contributed by atoms with Crippen LogP contribution in [0.15, 0.2) is 41.3 Å². The molecule has 2 heterocycles. The van der Waals surface area contributed by atoms with Crippen molar-refractivity contribution in [2.75, 3.05) is 0 Å². The van der Waals surface area contributed by atoms with E-state index >= 15 is 0 Å². The Morgan fingerprint density at radius 2 is 2.11 bits per heavy atom. The number of fused-ring (bicyclic) bond motifs is 1. The predicted octanol–water partition coefficient (Wildman–Crippen LogP) is 2.11. The Morgan fingerprint density at radius 3 is 2.71 bits per heavy atom. The number of ether oxygens (including phenoxy) is 1. The molecule has 2 aromatic rings. The summed E-state index contributed by atoms with van der Waals surface area (Å²) in [6.45, 7) is 4.87. The van der Waals surface area contributed by atoms with Crippen LogP contribution in [0, 0.1) is 21.4 Å². The Balaban J connectivity index is 2.11. The largest absolute Gasteiger partial charge is 0.485 e. The van der Waals surface area contributed by atoms with Crippen LogP contribution in [0.1, 0.15) is 49.6 Å². The first-order valence-corrected chi connectivity index (χ1v) is 8.58. The number of aliphatic hydroxyl groups excluding tert-OH is 1. The molecule has 1 aromatic carbocycles. The molecule has 0 fully saturated rings. The van der Waals surface area contributed by atoms with Gasteiger partial charge >= 0.3 is 0 Å². The summed E-state index contributed by atoms with van der Waals surface area (Å²) >= 11 is 0. The van der Waals surface area contributed by atoms with Gasteiger partial charge in [-0.3, -0.25) is 4.79 Å². The molecule has 9 heteroatoms. The fourth-order valence-electron chi connectivity index (χ4n) is 3.32. The number of pyridine rings is 1. The van der Waals surface area contributed by atoms with Crippen molar-refractivity contribution in [2.45, 2.75) is 44.6 Å². The third-order valence-electron chi connectivity index (χ3n) is 4.83. The van der Waals surface area contributed by atoms with E-state index in [1.807, 2.05) is 6.07 Å². The molecule has 0 aliphatic carbocycles. The highest BCUT2D eigenvalue weighted by Crippen LogP contribution is 2.41. The van der Waals surface area contributed by atoms with E-state index in [0.29, 0.717) is 22.4 Å². The Labute approximate surface area is 160 Å². The third kappa shape index (κ3) is 3.42. The van der Waals surface area contributed by atoms with Crippen LogP contribution >= 0.6 is 0 Å². The number of aromatic nitrogens is 1. The minimum absolute atomic E-state index is 0.338. The van der Waals surface area contributed by atoms with Crippen molar-refractivity contribution in [2.24, 2.45) is 0 Å². The molecule has 9 nitrogen and oxygen atoms in total. The summed E-state index contributed by atoms with van der Waals surface area (Å²) in [5, 5.41) is 29.7. The second-order valence-corrected chi connectivity index (χ2v) is 7.14. The first-order valence-electron chi connectivity index (χ1n) is 8.58. The van der Waals surface area contributed by atoms with Gasteiger partial charge in [0.05, 0.1) is 17.7 Å². The Hall–Kier alpha value is -3.38. The summed E-state index contributed by atoms with van der Waals surface area (Å²) in [6, 6.07) is 8.83. The zero-order valence-electron chi connectivity index (χ0n) is 15.5. The number of nitriles is 1. The number of nitrogens with zero attached hydrogens (tertiary/aromatic N) is 3. The molecule has 0 saturated heterocycles. The summed E-state index contributed by atoms with van der Waals surface area (Å²) < 4.78 is 7.19. The van der Waals surface area contributed by atoms with Gasteiger partial charge in [-0.25, -0.2) is 0 Å². The number of aliphatic hydroxyl groups is 1. The zero-order chi connectivity index (χ0) is 20.6. The van der Waals surface area contributed by atoms with Gasteiger partial charge in [0, 0.05) is 17.8 Å². The summed E-state index contributed by atoms with van der Waals surface area (Å²) in [6.07, 6.45) is -0.536.